The van der Waals surface area contributed by atoms with Crippen molar-refractivity contribution in [2.24, 2.45) is 0 Å². The standard InChI is InChI=1S/C24H24N4O5/c1-33-12-4-11-26-14-21(29)27-20(24(26)30)13-18-17-5-2-3-6-19(17)25-22(18)23(27)15-7-9-16(10-8-15)28(31)32/h2-3,5-10,20,23,25H,4,11-14H2,1H3/t20-,23?/m1/s1. The first kappa shape index (κ1) is 21.1. The number of nitro benzene ring substituents is 1. The number of aromatic nitrogens is 1. The molecule has 5 rings (SSSR count). The molecule has 1 unspecified atom stereocenters. The van der Waals surface area contributed by atoms with Gasteiger partial charge in [0.15, 0.2) is 0 Å². The zero-order valence-corrected chi connectivity index (χ0v) is 18.2. The van der Waals surface area contributed by atoms with Crippen LogP contribution in [-0.2, 0) is 20.7 Å². The molecule has 2 aliphatic rings. The normalized spacial score (nSPS) is 20.2. The highest BCUT2D eigenvalue weighted by Gasteiger charge is 2.48. The Morgan fingerprint density at radius 3 is 2.64 bits per heavy atom. The molecule has 1 aromatic heterocycles. The van der Waals surface area contributed by atoms with Crippen LogP contribution in [0.1, 0.15) is 29.3 Å². The molecule has 3 aromatic rings. The summed E-state index contributed by atoms with van der Waals surface area (Å²) in [5.41, 5.74) is 3.51. The molecular formula is C24H24N4O5. The molecule has 2 atom stereocenters. The lowest BCUT2D eigenvalue weighted by Crippen LogP contribution is -2.63. The highest BCUT2D eigenvalue weighted by Crippen LogP contribution is 2.42. The number of hydrogen-bond acceptors (Lipinski definition) is 5. The van der Waals surface area contributed by atoms with E-state index in [1.807, 2.05) is 24.3 Å². The second-order valence-corrected chi connectivity index (χ2v) is 8.44. The second-order valence-electron chi connectivity index (χ2n) is 8.44. The fraction of sp³-hybridized carbons (Fsp3) is 0.333. The van der Waals surface area contributed by atoms with E-state index in [1.165, 1.54) is 12.1 Å². The van der Waals surface area contributed by atoms with E-state index >= 15 is 0 Å². The quantitative estimate of drug-likeness (QED) is 0.354. The number of nitro groups is 1. The van der Waals surface area contributed by atoms with Gasteiger partial charge in [-0.05, 0) is 35.7 Å². The zero-order chi connectivity index (χ0) is 23.1. The van der Waals surface area contributed by atoms with Gasteiger partial charge in [-0.1, -0.05) is 18.2 Å². The predicted octanol–water partition coefficient (Wildman–Crippen LogP) is 2.80. The maximum Gasteiger partial charge on any atom is 0.269 e. The minimum atomic E-state index is -0.624. The molecule has 1 N–H and O–H groups in total. The summed E-state index contributed by atoms with van der Waals surface area (Å²) < 4.78 is 5.10. The van der Waals surface area contributed by atoms with E-state index in [1.54, 1.807) is 29.0 Å². The fourth-order valence-corrected chi connectivity index (χ4v) is 5.04. The number of piperazine rings is 1. The summed E-state index contributed by atoms with van der Waals surface area (Å²) in [6.45, 7) is 0.994. The number of amides is 2. The van der Waals surface area contributed by atoms with Crippen LogP contribution in [0.15, 0.2) is 48.5 Å². The van der Waals surface area contributed by atoms with Crippen LogP contribution in [0.5, 0.6) is 0 Å². The number of benzene rings is 2. The summed E-state index contributed by atoms with van der Waals surface area (Å²) in [4.78, 5) is 44.3. The monoisotopic (exact) mass is 448 g/mol. The lowest BCUT2D eigenvalue weighted by atomic mass is 9.86. The minimum Gasteiger partial charge on any atom is -0.385 e. The van der Waals surface area contributed by atoms with Crippen molar-refractivity contribution < 1.29 is 19.2 Å². The van der Waals surface area contributed by atoms with Gasteiger partial charge in [0.05, 0.1) is 17.5 Å². The molecule has 0 saturated carbocycles. The number of non-ortho nitro benzene ring substituents is 1. The number of methoxy groups -OCH3 is 1. The molecule has 9 heteroatoms. The van der Waals surface area contributed by atoms with Crippen molar-refractivity contribution in [2.75, 3.05) is 26.8 Å². The first-order chi connectivity index (χ1) is 16.0. The number of carbonyl (C=O) groups excluding carboxylic acids is 2. The molecule has 1 saturated heterocycles. The molecule has 170 valence electrons. The van der Waals surface area contributed by atoms with Crippen LogP contribution in [0.3, 0.4) is 0 Å². The molecule has 0 spiro atoms. The van der Waals surface area contributed by atoms with E-state index < -0.39 is 17.0 Å². The van der Waals surface area contributed by atoms with Gasteiger partial charge in [0.1, 0.15) is 6.04 Å². The molecule has 0 aliphatic carbocycles. The minimum absolute atomic E-state index is 0.0120. The SMILES string of the molecule is COCCCN1CC(=O)N2C(c3ccc([N+](=O)[O-])cc3)c3[nH]c4ccccc4c3C[C@@H]2C1=O. The highest BCUT2D eigenvalue weighted by atomic mass is 16.6. The van der Waals surface area contributed by atoms with Gasteiger partial charge in [-0.15, -0.1) is 0 Å². The predicted molar refractivity (Wildman–Crippen MR) is 121 cm³/mol. The Morgan fingerprint density at radius 1 is 1.15 bits per heavy atom. The van der Waals surface area contributed by atoms with Crippen LogP contribution < -0.4 is 0 Å². The van der Waals surface area contributed by atoms with Crippen molar-refractivity contribution in [1.29, 1.82) is 0 Å². The maximum absolute atomic E-state index is 13.5. The van der Waals surface area contributed by atoms with Gasteiger partial charge < -0.3 is 19.5 Å². The van der Waals surface area contributed by atoms with Crippen LogP contribution in [0.25, 0.3) is 10.9 Å². The maximum atomic E-state index is 13.5. The van der Waals surface area contributed by atoms with Crippen LogP contribution in [0.4, 0.5) is 5.69 Å². The van der Waals surface area contributed by atoms with Crippen molar-refractivity contribution in [3.63, 3.8) is 0 Å². The highest BCUT2D eigenvalue weighted by molar-refractivity contribution is 5.97. The first-order valence-electron chi connectivity index (χ1n) is 10.9. The summed E-state index contributed by atoms with van der Waals surface area (Å²) in [6, 6.07) is 12.9. The van der Waals surface area contributed by atoms with Crippen molar-refractivity contribution in [1.82, 2.24) is 14.8 Å². The van der Waals surface area contributed by atoms with Crippen LogP contribution in [-0.4, -0.2) is 64.4 Å². The van der Waals surface area contributed by atoms with Crippen LogP contribution >= 0.6 is 0 Å². The van der Waals surface area contributed by atoms with Crippen molar-refractivity contribution in [3.8, 4) is 0 Å². The van der Waals surface area contributed by atoms with Crippen LogP contribution in [0.2, 0.25) is 0 Å². The van der Waals surface area contributed by atoms with E-state index in [-0.39, 0.29) is 24.0 Å². The molecule has 9 nitrogen and oxygen atoms in total. The molecular weight excluding hydrogens is 424 g/mol. The van der Waals surface area contributed by atoms with E-state index in [0.717, 1.165) is 27.7 Å². The van der Waals surface area contributed by atoms with Gasteiger partial charge in [-0.2, -0.15) is 0 Å². The number of H-pyrrole nitrogens is 1. The largest absolute Gasteiger partial charge is 0.385 e. The fourth-order valence-electron chi connectivity index (χ4n) is 5.04. The smallest absolute Gasteiger partial charge is 0.269 e. The third kappa shape index (κ3) is 3.54. The average Bonchev–Trinajstić information content (AvgIpc) is 3.19. The third-order valence-corrected chi connectivity index (χ3v) is 6.54. The Balaban J connectivity index is 1.60. The number of carbonyl (C=O) groups is 2. The number of hydrogen-bond donors (Lipinski definition) is 1. The van der Waals surface area contributed by atoms with Crippen LogP contribution in [0, 0.1) is 10.1 Å². The molecule has 2 amide bonds. The summed E-state index contributed by atoms with van der Waals surface area (Å²) in [5.74, 6) is -0.210. The topological polar surface area (TPSA) is 109 Å². The molecule has 2 aromatic carbocycles. The molecule has 33 heavy (non-hydrogen) atoms. The number of nitrogens with zero attached hydrogens (tertiary/aromatic N) is 3. The number of para-hydroxylation sites is 1. The summed E-state index contributed by atoms with van der Waals surface area (Å²) in [6.07, 6.45) is 1.08. The number of aromatic amines is 1. The Bertz CT molecular complexity index is 1240. The molecule has 0 radical (unpaired) electrons. The number of rotatable bonds is 6. The van der Waals surface area contributed by atoms with Gasteiger partial charge in [-0.3, -0.25) is 19.7 Å². The van der Waals surface area contributed by atoms with Gasteiger partial charge in [-0.25, -0.2) is 0 Å². The van der Waals surface area contributed by atoms with E-state index in [9.17, 15) is 19.7 Å². The Hall–Kier alpha value is -3.72. The third-order valence-electron chi connectivity index (χ3n) is 6.54. The Morgan fingerprint density at radius 2 is 1.91 bits per heavy atom. The number of fused-ring (bicyclic) bond motifs is 4. The van der Waals surface area contributed by atoms with E-state index in [2.05, 4.69) is 4.98 Å². The van der Waals surface area contributed by atoms with Crippen molar-refractivity contribution >= 4 is 28.4 Å². The molecule has 3 heterocycles. The van der Waals surface area contributed by atoms with Gasteiger partial charge in [0, 0.05) is 55.4 Å². The molecule has 1 fully saturated rings. The Kier molecular flexibility index (Phi) is 5.33. The zero-order valence-electron chi connectivity index (χ0n) is 18.2. The van der Waals surface area contributed by atoms with E-state index in [4.69, 9.17) is 4.74 Å². The summed E-state index contributed by atoms with van der Waals surface area (Å²) >= 11 is 0. The van der Waals surface area contributed by atoms with Crippen molar-refractivity contribution in [3.05, 3.63) is 75.5 Å². The van der Waals surface area contributed by atoms with E-state index in [0.29, 0.717) is 26.0 Å². The lowest BCUT2D eigenvalue weighted by molar-refractivity contribution is -0.384. The number of ether oxygens (including phenoxy) is 1. The van der Waals surface area contributed by atoms with Gasteiger partial charge >= 0.3 is 0 Å². The molecule has 2 aliphatic heterocycles. The van der Waals surface area contributed by atoms with Crippen molar-refractivity contribution in [2.45, 2.75) is 24.9 Å². The first-order valence-corrected chi connectivity index (χ1v) is 10.9. The van der Waals surface area contributed by atoms with Gasteiger partial charge in [0.25, 0.3) is 5.69 Å². The van der Waals surface area contributed by atoms with Gasteiger partial charge in [0.2, 0.25) is 11.8 Å². The molecule has 0 bridgehead atoms. The average molecular weight is 448 g/mol. The summed E-state index contributed by atoms with van der Waals surface area (Å²) in [5, 5.41) is 12.2. The second kappa shape index (κ2) is 8.32. The number of nitrogens with one attached hydrogen (secondary N) is 1. The Labute approximate surface area is 190 Å². The lowest BCUT2D eigenvalue weighted by Gasteiger charge is -2.47. The summed E-state index contributed by atoms with van der Waals surface area (Å²) in [7, 11) is 1.61.